The molecule has 0 unspecified atom stereocenters. The number of carbonyl (C=O) groups excluding carboxylic acids is 1. The van der Waals surface area contributed by atoms with Gasteiger partial charge >= 0.3 is 12.4 Å². The van der Waals surface area contributed by atoms with Gasteiger partial charge in [0.05, 0.1) is 11.1 Å². The molecule has 0 amide bonds. The lowest BCUT2D eigenvalue weighted by Gasteiger charge is -2.14. The zero-order valence-corrected chi connectivity index (χ0v) is 15.8. The summed E-state index contributed by atoms with van der Waals surface area (Å²) in [5.41, 5.74) is -1.16. The molecule has 0 atom stereocenters. The molecule has 0 fully saturated rings. The van der Waals surface area contributed by atoms with Crippen LogP contribution in [0.5, 0.6) is 0 Å². The van der Waals surface area contributed by atoms with Crippen LogP contribution in [0.15, 0.2) is 85.1 Å². The number of carbonyl (C=O) groups is 1. The predicted molar refractivity (Wildman–Crippen MR) is 105 cm³/mol. The number of ketones is 1. The zero-order chi connectivity index (χ0) is 22.6. The fourth-order valence-corrected chi connectivity index (χ4v) is 2.81. The van der Waals surface area contributed by atoms with Crippen LogP contribution in [0.4, 0.5) is 32.0 Å². The van der Waals surface area contributed by atoms with Crippen LogP contribution >= 0.6 is 0 Å². The molecule has 0 bridgehead atoms. The average Bonchev–Trinajstić information content (AvgIpc) is 2.73. The number of halogens is 6. The van der Waals surface area contributed by atoms with Crippen LogP contribution in [0.25, 0.3) is 11.1 Å². The fraction of sp³-hybridized carbons (Fsp3) is 0.0870. The molecule has 2 nitrogen and oxygen atoms in total. The van der Waals surface area contributed by atoms with Crippen LogP contribution in [0.2, 0.25) is 0 Å². The highest BCUT2D eigenvalue weighted by Crippen LogP contribution is 2.37. The number of allylic oxidation sites excluding steroid dienone is 1. The molecule has 0 heterocycles. The predicted octanol–water partition coefficient (Wildman–Crippen LogP) is 7.20. The van der Waals surface area contributed by atoms with Crippen LogP contribution in [0.1, 0.15) is 21.5 Å². The van der Waals surface area contributed by atoms with Crippen molar-refractivity contribution in [2.24, 2.45) is 0 Å². The van der Waals surface area contributed by atoms with Crippen molar-refractivity contribution in [2.45, 2.75) is 12.4 Å². The second kappa shape index (κ2) is 8.67. The summed E-state index contributed by atoms with van der Waals surface area (Å²) < 4.78 is 77.4. The summed E-state index contributed by atoms with van der Waals surface area (Å²) in [5, 5.41) is 2.31. The van der Waals surface area contributed by atoms with Gasteiger partial charge < -0.3 is 5.32 Å². The Morgan fingerprint density at radius 2 is 1.23 bits per heavy atom. The smallest absolute Gasteiger partial charge is 0.362 e. The van der Waals surface area contributed by atoms with Crippen LogP contribution in [-0.4, -0.2) is 5.78 Å². The number of hydrogen-bond donors (Lipinski definition) is 1. The van der Waals surface area contributed by atoms with E-state index in [1.807, 2.05) is 30.3 Å². The molecular formula is C23H15F6NO. The van der Waals surface area contributed by atoms with Gasteiger partial charge in [-0.15, -0.1) is 0 Å². The number of nitrogens with one attached hydrogen (secondary N) is 1. The van der Waals surface area contributed by atoms with Gasteiger partial charge in [0.2, 0.25) is 0 Å². The van der Waals surface area contributed by atoms with E-state index in [1.165, 1.54) is 0 Å². The van der Waals surface area contributed by atoms with E-state index in [2.05, 4.69) is 5.32 Å². The van der Waals surface area contributed by atoms with Crippen LogP contribution in [0.3, 0.4) is 0 Å². The van der Waals surface area contributed by atoms with Gasteiger partial charge in [-0.3, -0.25) is 4.79 Å². The molecule has 1 N–H and O–H groups in total. The standard InChI is InChI=1S/C23H15F6NO/c24-22(25,26)18-12-19(23(27,28)29)14-20(13-18)30-11-10-21(31)17-8-6-16(7-9-17)15-4-2-1-3-5-15/h1-14,30H/b11-10+. The second-order valence-electron chi connectivity index (χ2n) is 6.58. The first-order valence-electron chi connectivity index (χ1n) is 8.96. The first-order chi connectivity index (χ1) is 14.5. The first-order valence-corrected chi connectivity index (χ1v) is 8.96. The lowest BCUT2D eigenvalue weighted by Crippen LogP contribution is -2.11. The topological polar surface area (TPSA) is 29.1 Å². The van der Waals surface area contributed by atoms with Crippen molar-refractivity contribution in [2.75, 3.05) is 5.32 Å². The van der Waals surface area contributed by atoms with E-state index < -0.39 is 35.0 Å². The molecule has 0 spiro atoms. The van der Waals surface area contributed by atoms with E-state index in [9.17, 15) is 31.1 Å². The maximum absolute atomic E-state index is 12.9. The molecule has 0 aliphatic rings. The molecule has 0 aromatic heterocycles. The van der Waals surface area contributed by atoms with Gasteiger partial charge in [0.25, 0.3) is 0 Å². The minimum absolute atomic E-state index is 0.0360. The van der Waals surface area contributed by atoms with Crippen LogP contribution in [-0.2, 0) is 12.4 Å². The van der Waals surface area contributed by atoms with E-state index in [4.69, 9.17) is 0 Å². The van der Waals surface area contributed by atoms with Crippen molar-refractivity contribution in [1.82, 2.24) is 0 Å². The third-order valence-corrected chi connectivity index (χ3v) is 4.35. The molecule has 0 aliphatic carbocycles. The van der Waals surface area contributed by atoms with E-state index in [1.54, 1.807) is 24.3 Å². The number of rotatable bonds is 5. The van der Waals surface area contributed by atoms with Crippen molar-refractivity contribution in [3.8, 4) is 11.1 Å². The van der Waals surface area contributed by atoms with Gasteiger partial charge in [-0.2, -0.15) is 26.3 Å². The molecule has 3 rings (SSSR count). The number of hydrogen-bond acceptors (Lipinski definition) is 2. The lowest BCUT2D eigenvalue weighted by atomic mass is 10.0. The largest absolute Gasteiger partial charge is 0.416 e. The average molecular weight is 435 g/mol. The highest BCUT2D eigenvalue weighted by atomic mass is 19.4. The van der Waals surface area contributed by atoms with Gasteiger partial charge in [0, 0.05) is 23.5 Å². The van der Waals surface area contributed by atoms with Crippen molar-refractivity contribution in [3.63, 3.8) is 0 Å². The number of benzene rings is 3. The van der Waals surface area contributed by atoms with Gasteiger partial charge in [-0.25, -0.2) is 0 Å². The van der Waals surface area contributed by atoms with Gasteiger partial charge in [-0.05, 0) is 29.3 Å². The highest BCUT2D eigenvalue weighted by molar-refractivity contribution is 6.04. The summed E-state index contributed by atoms with van der Waals surface area (Å²) in [5.74, 6) is -0.463. The summed E-state index contributed by atoms with van der Waals surface area (Å²) in [6.07, 6.45) is -7.86. The Morgan fingerprint density at radius 1 is 0.710 bits per heavy atom. The summed E-state index contributed by atoms with van der Waals surface area (Å²) in [6, 6.07) is 17.2. The van der Waals surface area contributed by atoms with Crippen LogP contribution < -0.4 is 5.32 Å². The maximum Gasteiger partial charge on any atom is 0.416 e. The Labute approximate surface area is 173 Å². The van der Waals surface area contributed by atoms with Crippen molar-refractivity contribution in [1.29, 1.82) is 0 Å². The quantitative estimate of drug-likeness (QED) is 0.261. The van der Waals surface area contributed by atoms with E-state index in [0.717, 1.165) is 23.4 Å². The molecule has 0 saturated heterocycles. The molecule has 0 aliphatic heterocycles. The summed E-state index contributed by atoms with van der Waals surface area (Å²) in [6.45, 7) is 0. The minimum atomic E-state index is -4.95. The Morgan fingerprint density at radius 3 is 1.74 bits per heavy atom. The summed E-state index contributed by atoms with van der Waals surface area (Å²) in [7, 11) is 0. The van der Waals surface area contributed by atoms with E-state index in [0.29, 0.717) is 17.7 Å². The normalized spacial score (nSPS) is 12.2. The molecule has 8 heteroatoms. The molecule has 160 valence electrons. The Hall–Kier alpha value is -3.55. The van der Waals surface area contributed by atoms with Crippen molar-refractivity contribution in [3.05, 3.63) is 102 Å². The first kappa shape index (κ1) is 22.1. The third kappa shape index (κ3) is 5.75. The Bertz CT molecular complexity index is 1050. The highest BCUT2D eigenvalue weighted by Gasteiger charge is 2.36. The lowest BCUT2D eigenvalue weighted by molar-refractivity contribution is -0.143. The minimum Gasteiger partial charge on any atom is -0.362 e. The van der Waals surface area contributed by atoms with Crippen LogP contribution in [0, 0.1) is 0 Å². The van der Waals surface area contributed by atoms with Gasteiger partial charge in [0.15, 0.2) is 5.78 Å². The second-order valence-corrected chi connectivity index (χ2v) is 6.58. The number of anilines is 1. The van der Waals surface area contributed by atoms with Gasteiger partial charge in [-0.1, -0.05) is 54.6 Å². The van der Waals surface area contributed by atoms with Crippen molar-refractivity contribution < 1.29 is 31.1 Å². The number of alkyl halides is 6. The molecule has 0 radical (unpaired) electrons. The fourth-order valence-electron chi connectivity index (χ4n) is 2.81. The molecule has 3 aromatic rings. The zero-order valence-electron chi connectivity index (χ0n) is 15.8. The molecule has 31 heavy (non-hydrogen) atoms. The SMILES string of the molecule is O=C(/C=C/Nc1cc(C(F)(F)F)cc(C(F)(F)F)c1)c1ccc(-c2ccccc2)cc1. The maximum atomic E-state index is 12.9. The Balaban J connectivity index is 1.75. The summed E-state index contributed by atoms with van der Waals surface area (Å²) in [4.78, 5) is 12.2. The van der Waals surface area contributed by atoms with Gasteiger partial charge in [0.1, 0.15) is 0 Å². The third-order valence-electron chi connectivity index (χ3n) is 4.35. The molecular weight excluding hydrogens is 420 g/mol. The molecule has 0 saturated carbocycles. The Kier molecular flexibility index (Phi) is 6.19. The molecule has 3 aromatic carbocycles. The monoisotopic (exact) mass is 435 g/mol. The van der Waals surface area contributed by atoms with E-state index in [-0.39, 0.29) is 6.07 Å². The summed E-state index contributed by atoms with van der Waals surface area (Å²) >= 11 is 0. The van der Waals surface area contributed by atoms with Crippen molar-refractivity contribution >= 4 is 11.5 Å². The van der Waals surface area contributed by atoms with E-state index >= 15 is 0 Å².